The fourth-order valence-electron chi connectivity index (χ4n) is 9.26. The molecule has 3 rings (SSSR count). The van der Waals surface area contributed by atoms with E-state index in [4.69, 9.17) is 0 Å². The van der Waals surface area contributed by atoms with Gasteiger partial charge in [-0.05, 0) is 160 Å². The molecule has 0 saturated carbocycles. The molecule has 1 heterocycles. The minimum Gasteiger partial charge on any atom is -0.493 e. The van der Waals surface area contributed by atoms with E-state index < -0.39 is 0 Å². The summed E-state index contributed by atoms with van der Waals surface area (Å²) < 4.78 is 1.73. The molecule has 0 bridgehead atoms. The molecule has 2 nitrogen and oxygen atoms in total. The molecule has 1 aliphatic rings. The van der Waals surface area contributed by atoms with E-state index in [0.29, 0.717) is 0 Å². The summed E-state index contributed by atoms with van der Waals surface area (Å²) in [6, 6.07) is 10.2. The molecule has 338 valence electrons. The third-order valence-corrected chi connectivity index (χ3v) is 12.6. The van der Waals surface area contributed by atoms with Crippen molar-refractivity contribution in [1.29, 1.82) is 0 Å². The Morgan fingerprint density at radius 3 is 0.814 bits per heavy atom. The fourth-order valence-corrected chi connectivity index (χ4v) is 9.26. The van der Waals surface area contributed by atoms with Crippen molar-refractivity contribution < 1.29 is 21.2 Å². The molecule has 0 fully saturated rings. The van der Waals surface area contributed by atoms with E-state index in [9.17, 15) is 5.53 Å². The van der Waals surface area contributed by atoms with Crippen LogP contribution in [0.15, 0.2) is 35.4 Å². The van der Waals surface area contributed by atoms with Crippen molar-refractivity contribution in [2.45, 2.75) is 248 Å². The minimum atomic E-state index is 0. The summed E-state index contributed by atoms with van der Waals surface area (Å²) in [7, 11) is 0. The van der Waals surface area contributed by atoms with Gasteiger partial charge in [0.15, 0.2) is 0 Å². The molecular formula is C56H94N2Ni. The number of aryl methyl sites for hydroxylation is 4. The Morgan fingerprint density at radius 1 is 0.339 bits per heavy atom. The topological polar surface area (TPSA) is 25.3 Å². The van der Waals surface area contributed by atoms with Crippen LogP contribution in [0.1, 0.15) is 254 Å². The van der Waals surface area contributed by atoms with Gasteiger partial charge < -0.3 is 20.4 Å². The summed E-state index contributed by atoms with van der Waals surface area (Å²) in [5, 5.41) is 0. The van der Waals surface area contributed by atoms with Gasteiger partial charge in [-0.1, -0.05) is 145 Å². The molecule has 2 aromatic carbocycles. The zero-order valence-corrected chi connectivity index (χ0v) is 41.7. The molecular weight excluding hydrogens is 759 g/mol. The Bertz CT molecular complexity index is 1340. The molecule has 0 saturated heterocycles. The second-order valence-corrected chi connectivity index (χ2v) is 17.5. The monoisotopic (exact) mass is 853 g/mol. The first-order valence-electron chi connectivity index (χ1n) is 24.7. The van der Waals surface area contributed by atoms with E-state index in [1.807, 2.05) is 0 Å². The Morgan fingerprint density at radius 2 is 0.576 bits per heavy atom. The molecule has 3 heteroatoms. The molecule has 0 aromatic heterocycles. The maximum absolute atomic E-state index is 12.9. The fraction of sp³-hybridized carbons (Fsp3) is 0.679. The first-order chi connectivity index (χ1) is 27.4. The minimum absolute atomic E-state index is 0. The van der Waals surface area contributed by atoms with Crippen LogP contribution >= 0.6 is 0 Å². The number of unbranched alkanes of at least 4 members (excludes halogenated alkanes) is 14. The summed E-state index contributed by atoms with van der Waals surface area (Å²) in [5.74, 6) is 0. The number of nitrogens with zero attached hydrogens (tertiary/aromatic N) is 2. The molecule has 0 amide bonds. The van der Waals surface area contributed by atoms with Gasteiger partial charge in [0.25, 0.3) is 0 Å². The van der Waals surface area contributed by atoms with Crippen molar-refractivity contribution in [3.63, 3.8) is 0 Å². The molecule has 2 aromatic rings. The van der Waals surface area contributed by atoms with Crippen LogP contribution in [-0.2, 0) is 55.0 Å². The van der Waals surface area contributed by atoms with Crippen molar-refractivity contribution in [3.8, 4) is 0 Å². The van der Waals surface area contributed by atoms with Crippen molar-refractivity contribution in [2.75, 3.05) is 0 Å². The largest absolute Gasteiger partial charge is 2.00 e. The number of rotatable bonds is 32. The average Bonchev–Trinajstić information content (AvgIpc) is 3.48. The first kappa shape index (κ1) is 57.0. The van der Waals surface area contributed by atoms with E-state index in [1.165, 1.54) is 151 Å². The Hall–Kier alpha value is -1.99. The number of hydrogen-bond acceptors (Lipinski definition) is 0. The van der Waals surface area contributed by atoms with Crippen molar-refractivity contribution in [3.05, 3.63) is 100 Å². The van der Waals surface area contributed by atoms with E-state index in [-0.39, 0.29) is 31.3 Å². The standard InChI is InChI=1S/C54H88N2.2CH3.Ni/c1-9-17-25-31-43-39-47(40-44(32-26-18-10-2)49(43)37-29-21-13-5)53-51(35-23-15-7)52(36-24-16-8)54(56(53)55)48-41-45(33-27-19-11-3)50(38-30-22-14-6)46(42-48)34-28-20-12-4;;;/h39-42H,9-38H2,1-8H3;2*1H3;/q;2*-1;+2. The third-order valence-electron chi connectivity index (χ3n) is 12.6. The van der Waals surface area contributed by atoms with Gasteiger partial charge in [0.2, 0.25) is 11.4 Å². The summed E-state index contributed by atoms with van der Waals surface area (Å²) in [6.07, 6.45) is 36.4. The van der Waals surface area contributed by atoms with Gasteiger partial charge in [-0.15, -0.1) is 0 Å². The Kier molecular flexibility index (Phi) is 32.5. The van der Waals surface area contributed by atoms with Crippen molar-refractivity contribution >= 4 is 11.4 Å². The maximum atomic E-state index is 12.9. The zero-order valence-electron chi connectivity index (χ0n) is 40.7. The SMILES string of the molecule is CCCCCc1cc(C2=C(CCCC)C(CCCC)=C(c3cc(CCCCC)c(CCCCC)c(CCCCC)c3)[N+]2=[N-])cc(CCCCC)c1CCCCC.[CH3-].[CH3-].[Ni+2]. The molecule has 0 aliphatic carbocycles. The molecule has 0 spiro atoms. The number of hydrogen-bond donors (Lipinski definition) is 0. The second kappa shape index (κ2) is 33.6. The van der Waals surface area contributed by atoms with Crippen LogP contribution in [0.5, 0.6) is 0 Å². The van der Waals surface area contributed by atoms with Gasteiger partial charge in [0.1, 0.15) is 0 Å². The molecule has 1 aliphatic heterocycles. The Labute approximate surface area is 379 Å². The molecule has 0 atom stereocenters. The van der Waals surface area contributed by atoms with Gasteiger partial charge >= 0.3 is 16.5 Å². The number of benzene rings is 2. The average molecular weight is 854 g/mol. The predicted octanol–water partition coefficient (Wildman–Crippen LogP) is 18.5. The normalized spacial score (nSPS) is 12.6. The summed E-state index contributed by atoms with van der Waals surface area (Å²) >= 11 is 0. The van der Waals surface area contributed by atoms with Crippen LogP contribution in [0.3, 0.4) is 0 Å². The van der Waals surface area contributed by atoms with Gasteiger partial charge in [-0.3, -0.25) is 0 Å². The van der Waals surface area contributed by atoms with Crippen LogP contribution in [0.2, 0.25) is 0 Å². The van der Waals surface area contributed by atoms with Crippen LogP contribution in [0, 0.1) is 14.9 Å². The van der Waals surface area contributed by atoms with Crippen molar-refractivity contribution in [1.82, 2.24) is 0 Å². The predicted molar refractivity (Wildman–Crippen MR) is 262 cm³/mol. The summed E-state index contributed by atoms with van der Waals surface area (Å²) in [6.45, 7) is 18.6. The first-order valence-corrected chi connectivity index (χ1v) is 24.7. The Balaban J connectivity index is 0.0000112. The molecule has 59 heavy (non-hydrogen) atoms. The smallest absolute Gasteiger partial charge is 0.493 e. The van der Waals surface area contributed by atoms with Gasteiger partial charge in [0.05, 0.1) is 0 Å². The summed E-state index contributed by atoms with van der Waals surface area (Å²) in [5.41, 5.74) is 30.0. The zero-order chi connectivity index (χ0) is 40.5. The van der Waals surface area contributed by atoms with Gasteiger partial charge in [-0.25, -0.2) is 4.70 Å². The van der Waals surface area contributed by atoms with Crippen LogP contribution < -0.4 is 0 Å². The van der Waals surface area contributed by atoms with Gasteiger partial charge in [0, 0.05) is 22.3 Å². The van der Waals surface area contributed by atoms with Crippen LogP contribution in [0.25, 0.3) is 16.9 Å². The van der Waals surface area contributed by atoms with E-state index in [2.05, 4.69) is 79.7 Å². The third kappa shape index (κ3) is 17.7. The quantitative estimate of drug-likeness (QED) is 0.0303. The van der Waals surface area contributed by atoms with Gasteiger partial charge in [-0.2, -0.15) is 0 Å². The molecule has 0 unspecified atom stereocenters. The van der Waals surface area contributed by atoms with Crippen LogP contribution in [-0.4, -0.2) is 4.70 Å². The van der Waals surface area contributed by atoms with E-state index in [1.54, 1.807) is 38.1 Å². The maximum Gasteiger partial charge on any atom is 2.00 e. The number of allylic oxidation sites excluding steroid dienone is 2. The summed E-state index contributed by atoms with van der Waals surface area (Å²) in [4.78, 5) is 0. The molecule has 0 N–H and O–H groups in total. The second-order valence-electron chi connectivity index (χ2n) is 17.5. The molecule has 0 radical (unpaired) electrons. The van der Waals surface area contributed by atoms with E-state index >= 15 is 0 Å². The van der Waals surface area contributed by atoms with Crippen molar-refractivity contribution in [2.24, 2.45) is 0 Å². The van der Waals surface area contributed by atoms with E-state index in [0.717, 1.165) is 75.6 Å². The van der Waals surface area contributed by atoms with Crippen LogP contribution in [0.4, 0.5) is 0 Å².